The molecule has 6 nitrogen and oxygen atoms in total. The zero-order chi connectivity index (χ0) is 22.1. The van der Waals surface area contributed by atoms with Crippen LogP contribution in [0.25, 0.3) is 10.9 Å². The molecule has 0 spiro atoms. The van der Waals surface area contributed by atoms with E-state index in [4.69, 9.17) is 4.74 Å². The lowest BCUT2D eigenvalue weighted by molar-refractivity contribution is -0.127. The van der Waals surface area contributed by atoms with E-state index in [0.717, 1.165) is 67.1 Å². The van der Waals surface area contributed by atoms with E-state index in [9.17, 15) is 9.59 Å². The van der Waals surface area contributed by atoms with Crippen molar-refractivity contribution in [3.8, 4) is 0 Å². The van der Waals surface area contributed by atoms with Crippen molar-refractivity contribution in [3.05, 3.63) is 39.9 Å². The predicted molar refractivity (Wildman–Crippen MR) is 122 cm³/mol. The first-order valence-electron chi connectivity index (χ1n) is 11.7. The summed E-state index contributed by atoms with van der Waals surface area (Å²) in [5.74, 6) is 0.826. The number of hydrogen-bond acceptors (Lipinski definition) is 4. The second-order valence-corrected chi connectivity index (χ2v) is 9.66. The summed E-state index contributed by atoms with van der Waals surface area (Å²) in [5.41, 5.74) is 2.75. The molecule has 0 aromatic carbocycles. The number of nitrogens with zero attached hydrogens (tertiary/aromatic N) is 2. The minimum atomic E-state index is 0.0693. The number of methoxy groups -OCH3 is 1. The van der Waals surface area contributed by atoms with Crippen molar-refractivity contribution < 1.29 is 9.53 Å². The number of carbonyl (C=O) groups is 1. The van der Waals surface area contributed by atoms with Crippen LogP contribution in [0.1, 0.15) is 69.0 Å². The summed E-state index contributed by atoms with van der Waals surface area (Å²) >= 11 is 0. The van der Waals surface area contributed by atoms with E-state index in [1.54, 1.807) is 11.7 Å². The average molecular weight is 426 g/mol. The van der Waals surface area contributed by atoms with Crippen molar-refractivity contribution in [1.82, 2.24) is 14.9 Å². The highest BCUT2D eigenvalue weighted by Crippen LogP contribution is 2.37. The third kappa shape index (κ3) is 4.54. The molecule has 1 N–H and O–H groups in total. The van der Waals surface area contributed by atoms with Crippen LogP contribution in [-0.2, 0) is 16.6 Å². The first-order chi connectivity index (χ1) is 14.9. The Hall–Kier alpha value is -2.21. The Morgan fingerprint density at radius 2 is 1.90 bits per heavy atom. The maximum atomic E-state index is 13.2. The normalized spacial score (nSPS) is 29.1. The third-order valence-corrected chi connectivity index (χ3v) is 7.59. The summed E-state index contributed by atoms with van der Waals surface area (Å²) in [4.78, 5) is 30.5. The highest BCUT2D eigenvalue weighted by Gasteiger charge is 2.34. The molecule has 0 bridgehead atoms. The Labute approximate surface area is 184 Å². The smallest absolute Gasteiger partial charge is 0.254 e. The second kappa shape index (κ2) is 9.11. The van der Waals surface area contributed by atoms with Gasteiger partial charge >= 0.3 is 0 Å². The number of aryl methyl sites for hydroxylation is 2. The highest BCUT2D eigenvalue weighted by atomic mass is 16.5. The van der Waals surface area contributed by atoms with E-state index in [-0.39, 0.29) is 29.3 Å². The number of pyridine rings is 2. The number of fused-ring (bicyclic) bond motifs is 1. The number of ether oxygens (including phenoxy) is 1. The molecule has 2 aromatic rings. The number of aromatic nitrogens is 2. The Bertz CT molecular complexity index is 1010. The molecule has 2 aliphatic carbocycles. The molecule has 2 fully saturated rings. The summed E-state index contributed by atoms with van der Waals surface area (Å²) in [6.45, 7) is 4.17. The van der Waals surface area contributed by atoms with Crippen molar-refractivity contribution in [2.75, 3.05) is 7.11 Å². The van der Waals surface area contributed by atoms with Gasteiger partial charge in [-0.3, -0.25) is 14.6 Å². The summed E-state index contributed by atoms with van der Waals surface area (Å²) in [6.07, 6.45) is 8.68. The van der Waals surface area contributed by atoms with E-state index < -0.39 is 0 Å². The molecule has 2 saturated carbocycles. The topological polar surface area (TPSA) is 73.2 Å². The monoisotopic (exact) mass is 425 g/mol. The van der Waals surface area contributed by atoms with Gasteiger partial charge in [0.15, 0.2) is 0 Å². The Balaban J connectivity index is 1.51. The SMILES string of the molecule is COC1CCC(C(=O)NC2CCC(C)C(c3cc4cnc(C)cc4n(C)c3=O)C2)CC1. The van der Waals surface area contributed by atoms with Crippen molar-refractivity contribution >= 4 is 16.8 Å². The fourth-order valence-electron chi connectivity index (χ4n) is 5.52. The van der Waals surface area contributed by atoms with E-state index in [0.29, 0.717) is 12.0 Å². The van der Waals surface area contributed by atoms with Crippen molar-refractivity contribution in [1.29, 1.82) is 0 Å². The van der Waals surface area contributed by atoms with Crippen molar-refractivity contribution in [3.63, 3.8) is 0 Å². The van der Waals surface area contributed by atoms with Crippen molar-refractivity contribution in [2.24, 2.45) is 18.9 Å². The van der Waals surface area contributed by atoms with E-state index in [2.05, 4.69) is 17.2 Å². The molecule has 3 unspecified atom stereocenters. The molecule has 0 radical (unpaired) electrons. The molecule has 3 atom stereocenters. The molecular weight excluding hydrogens is 390 g/mol. The number of rotatable bonds is 4. The van der Waals surface area contributed by atoms with Crippen LogP contribution in [0.15, 0.2) is 23.1 Å². The van der Waals surface area contributed by atoms with E-state index >= 15 is 0 Å². The maximum Gasteiger partial charge on any atom is 0.254 e. The van der Waals surface area contributed by atoms with Gasteiger partial charge in [0.05, 0.1) is 11.6 Å². The van der Waals surface area contributed by atoms with Gasteiger partial charge in [-0.2, -0.15) is 0 Å². The van der Waals surface area contributed by atoms with Crippen molar-refractivity contribution in [2.45, 2.75) is 76.9 Å². The van der Waals surface area contributed by atoms with Crippen LogP contribution in [0, 0.1) is 18.8 Å². The lowest BCUT2D eigenvalue weighted by Crippen LogP contribution is -2.44. The van der Waals surface area contributed by atoms with Gasteiger partial charge in [0, 0.05) is 49.0 Å². The molecule has 0 aliphatic heterocycles. The van der Waals surface area contributed by atoms with Crippen LogP contribution in [0.3, 0.4) is 0 Å². The molecule has 31 heavy (non-hydrogen) atoms. The molecule has 2 aromatic heterocycles. The zero-order valence-corrected chi connectivity index (χ0v) is 19.2. The fourth-order valence-corrected chi connectivity index (χ4v) is 5.52. The summed E-state index contributed by atoms with van der Waals surface area (Å²) < 4.78 is 7.19. The van der Waals surface area contributed by atoms with Gasteiger partial charge in [0.2, 0.25) is 5.91 Å². The first kappa shape index (κ1) is 22.0. The van der Waals surface area contributed by atoms with Gasteiger partial charge in [-0.25, -0.2) is 0 Å². The van der Waals surface area contributed by atoms with E-state index in [1.807, 2.05) is 32.3 Å². The van der Waals surface area contributed by atoms with Crippen LogP contribution in [0.2, 0.25) is 0 Å². The molecule has 2 heterocycles. The standard InChI is InChI=1S/C25H35N3O3/c1-15-5-8-19(27-24(29)17-6-9-20(31-4)10-7-17)13-21(15)22-12-18-14-26-16(2)11-23(18)28(3)25(22)30/h11-12,14-15,17,19-21H,5-10,13H2,1-4H3,(H,27,29). The van der Waals surface area contributed by atoms with Gasteiger partial charge in [-0.1, -0.05) is 6.92 Å². The Kier molecular flexibility index (Phi) is 6.47. The molecule has 6 heteroatoms. The van der Waals surface area contributed by atoms with Crippen LogP contribution >= 0.6 is 0 Å². The number of nitrogens with one attached hydrogen (secondary N) is 1. The molecule has 0 saturated heterocycles. The summed E-state index contributed by atoms with van der Waals surface area (Å²) in [5, 5.41) is 4.32. The number of hydrogen-bond donors (Lipinski definition) is 1. The van der Waals surface area contributed by atoms with Crippen LogP contribution in [0.4, 0.5) is 0 Å². The highest BCUT2D eigenvalue weighted by molar-refractivity contribution is 5.80. The third-order valence-electron chi connectivity index (χ3n) is 7.59. The molecular formula is C25H35N3O3. The lowest BCUT2D eigenvalue weighted by atomic mass is 9.74. The largest absolute Gasteiger partial charge is 0.381 e. The summed E-state index contributed by atoms with van der Waals surface area (Å²) in [7, 11) is 3.60. The number of carbonyl (C=O) groups excluding carboxylic acids is 1. The summed E-state index contributed by atoms with van der Waals surface area (Å²) in [6, 6.07) is 4.12. The second-order valence-electron chi connectivity index (χ2n) is 9.66. The van der Waals surface area contributed by atoms with Crippen LogP contribution in [0.5, 0.6) is 0 Å². The van der Waals surface area contributed by atoms with Gasteiger partial charge in [0.25, 0.3) is 5.56 Å². The van der Waals surface area contributed by atoms with Gasteiger partial charge < -0.3 is 14.6 Å². The quantitative estimate of drug-likeness (QED) is 0.808. The molecule has 4 rings (SSSR count). The van der Waals surface area contributed by atoms with E-state index in [1.165, 1.54) is 0 Å². The number of amides is 1. The molecule has 168 valence electrons. The predicted octanol–water partition coefficient (Wildman–Crippen LogP) is 3.84. The lowest BCUT2D eigenvalue weighted by Gasteiger charge is -2.36. The van der Waals surface area contributed by atoms with Gasteiger partial charge in [-0.05, 0) is 75.8 Å². The average Bonchev–Trinajstić information content (AvgIpc) is 2.78. The minimum absolute atomic E-state index is 0.0693. The van der Waals surface area contributed by atoms with Gasteiger partial charge in [0.1, 0.15) is 0 Å². The van der Waals surface area contributed by atoms with Crippen LogP contribution < -0.4 is 10.9 Å². The fraction of sp³-hybridized carbons (Fsp3) is 0.640. The van der Waals surface area contributed by atoms with Crippen LogP contribution in [-0.4, -0.2) is 34.7 Å². The first-order valence-corrected chi connectivity index (χ1v) is 11.7. The molecule has 1 amide bonds. The maximum absolute atomic E-state index is 13.2. The minimum Gasteiger partial charge on any atom is -0.381 e. The van der Waals surface area contributed by atoms with Gasteiger partial charge in [-0.15, -0.1) is 0 Å². The zero-order valence-electron chi connectivity index (χ0n) is 19.2. The Morgan fingerprint density at radius 1 is 1.16 bits per heavy atom. The Morgan fingerprint density at radius 3 is 2.61 bits per heavy atom. The molecule has 2 aliphatic rings.